The second-order valence-corrected chi connectivity index (χ2v) is 6.03. The number of aromatic nitrogens is 1. The molecule has 4 nitrogen and oxygen atoms in total. The van der Waals surface area contributed by atoms with Crippen LogP contribution in [0.5, 0.6) is 0 Å². The van der Waals surface area contributed by atoms with Crippen LogP contribution in [0.15, 0.2) is 17.3 Å². The zero-order valence-electron chi connectivity index (χ0n) is 8.82. The third kappa shape index (κ3) is 1.84. The van der Waals surface area contributed by atoms with E-state index in [1.54, 1.807) is 6.20 Å². The van der Waals surface area contributed by atoms with E-state index in [2.05, 4.69) is 10.3 Å². The normalized spacial score (nSPS) is 23.7. The summed E-state index contributed by atoms with van der Waals surface area (Å²) >= 11 is 0. The first-order valence-corrected chi connectivity index (χ1v) is 6.58. The van der Waals surface area contributed by atoms with Crippen molar-refractivity contribution < 1.29 is 8.42 Å². The van der Waals surface area contributed by atoms with Gasteiger partial charge in [0.25, 0.3) is 0 Å². The summed E-state index contributed by atoms with van der Waals surface area (Å²) in [5.41, 5.74) is 1.60. The molecular weight excluding hydrogens is 212 g/mol. The summed E-state index contributed by atoms with van der Waals surface area (Å²) < 4.78 is 23.9. The summed E-state index contributed by atoms with van der Waals surface area (Å²) in [4.78, 5) is 3.98. The lowest BCUT2D eigenvalue weighted by Crippen LogP contribution is -2.16. The number of anilines is 1. The van der Waals surface area contributed by atoms with Crippen molar-refractivity contribution in [2.24, 2.45) is 5.92 Å². The zero-order valence-corrected chi connectivity index (χ0v) is 9.63. The predicted octanol–water partition coefficient (Wildman–Crippen LogP) is 1.23. The van der Waals surface area contributed by atoms with Crippen LogP contribution in [0.2, 0.25) is 0 Å². The van der Waals surface area contributed by atoms with Crippen LogP contribution in [0.4, 0.5) is 5.69 Å². The van der Waals surface area contributed by atoms with E-state index in [1.807, 2.05) is 19.9 Å². The highest BCUT2D eigenvalue weighted by atomic mass is 32.2. The largest absolute Gasteiger partial charge is 0.382 e. The van der Waals surface area contributed by atoms with Crippen LogP contribution >= 0.6 is 0 Å². The van der Waals surface area contributed by atoms with Crippen LogP contribution in [-0.2, 0) is 9.84 Å². The number of fused-ring (bicyclic) bond motifs is 1. The highest BCUT2D eigenvalue weighted by molar-refractivity contribution is 7.91. The van der Waals surface area contributed by atoms with E-state index in [1.165, 1.54) is 0 Å². The van der Waals surface area contributed by atoms with Gasteiger partial charge < -0.3 is 5.32 Å². The fraction of sp³-hybridized carbons (Fsp3) is 0.500. The Labute approximate surface area is 89.6 Å². The molecule has 0 spiro atoms. The van der Waals surface area contributed by atoms with Gasteiger partial charge in [-0.3, -0.25) is 0 Å². The maximum atomic E-state index is 12.0. The van der Waals surface area contributed by atoms with E-state index in [-0.39, 0.29) is 16.7 Å². The van der Waals surface area contributed by atoms with Crippen LogP contribution in [0.3, 0.4) is 0 Å². The molecule has 82 valence electrons. The van der Waals surface area contributed by atoms with Gasteiger partial charge in [-0.25, -0.2) is 13.4 Å². The maximum absolute atomic E-state index is 12.0. The molecular formula is C10H14N2O2S. The van der Waals surface area contributed by atoms with Crippen molar-refractivity contribution in [3.05, 3.63) is 17.8 Å². The van der Waals surface area contributed by atoms with Crippen LogP contribution < -0.4 is 5.32 Å². The number of hydrogen-bond donors (Lipinski definition) is 1. The third-order valence-electron chi connectivity index (χ3n) is 2.55. The van der Waals surface area contributed by atoms with Gasteiger partial charge in [0.2, 0.25) is 0 Å². The molecule has 1 N–H and O–H groups in total. The molecule has 0 saturated carbocycles. The lowest BCUT2D eigenvalue weighted by Gasteiger charge is -2.09. The van der Waals surface area contributed by atoms with Crippen molar-refractivity contribution in [2.75, 3.05) is 17.6 Å². The quantitative estimate of drug-likeness (QED) is 0.722. The van der Waals surface area contributed by atoms with Gasteiger partial charge >= 0.3 is 0 Å². The third-order valence-corrected chi connectivity index (χ3v) is 4.46. The van der Waals surface area contributed by atoms with Crippen molar-refractivity contribution >= 4 is 15.5 Å². The highest BCUT2D eigenvalue weighted by Gasteiger charge is 2.27. The smallest absolute Gasteiger partial charge is 0.198 e. The van der Waals surface area contributed by atoms with Crippen molar-refractivity contribution in [3.8, 4) is 0 Å². The summed E-state index contributed by atoms with van der Waals surface area (Å²) in [6.07, 6.45) is 1.55. The Balaban J connectivity index is 2.64. The molecule has 0 fully saturated rings. The number of pyridine rings is 1. The standard InChI is InChI=1S/C10H14N2O2S/c1-7-5-12-9-8(2)3-4-11-10(9)15(13,14)6-7/h3-4,7,12H,5-6H2,1-2H3. The van der Waals surface area contributed by atoms with Gasteiger partial charge in [0.1, 0.15) is 0 Å². The average molecular weight is 226 g/mol. The summed E-state index contributed by atoms with van der Waals surface area (Å²) in [7, 11) is -3.22. The number of sulfone groups is 1. The SMILES string of the molecule is Cc1ccnc2c1NCC(C)CS2(=O)=O. The lowest BCUT2D eigenvalue weighted by atomic mass is 10.2. The van der Waals surface area contributed by atoms with Crippen molar-refractivity contribution in [1.82, 2.24) is 4.98 Å². The van der Waals surface area contributed by atoms with Crippen molar-refractivity contribution in [3.63, 3.8) is 0 Å². The first-order valence-electron chi connectivity index (χ1n) is 4.93. The molecule has 0 saturated heterocycles. The predicted molar refractivity (Wildman–Crippen MR) is 58.7 cm³/mol. The summed E-state index contributed by atoms with van der Waals surface area (Å²) in [6, 6.07) is 1.82. The molecule has 2 heterocycles. The first-order chi connectivity index (χ1) is 7.00. The van der Waals surface area contributed by atoms with Crippen molar-refractivity contribution in [2.45, 2.75) is 18.9 Å². The van der Waals surface area contributed by atoms with Gasteiger partial charge in [0.15, 0.2) is 14.9 Å². The molecule has 0 aromatic carbocycles. The molecule has 0 amide bonds. The Kier molecular flexibility index (Phi) is 2.42. The fourth-order valence-corrected chi connectivity index (χ4v) is 3.56. The highest BCUT2D eigenvalue weighted by Crippen LogP contribution is 2.27. The number of hydrogen-bond acceptors (Lipinski definition) is 4. The number of aryl methyl sites for hydroxylation is 1. The number of nitrogens with one attached hydrogen (secondary N) is 1. The molecule has 1 aliphatic heterocycles. The molecule has 15 heavy (non-hydrogen) atoms. The lowest BCUT2D eigenvalue weighted by molar-refractivity contribution is 0.579. The Morgan fingerprint density at radius 2 is 2.27 bits per heavy atom. The average Bonchev–Trinajstić information content (AvgIpc) is 2.24. The van der Waals surface area contributed by atoms with Gasteiger partial charge in [-0.05, 0) is 24.5 Å². The summed E-state index contributed by atoms with van der Waals surface area (Å²) in [6.45, 7) is 4.49. The van der Waals surface area contributed by atoms with Gasteiger partial charge in [-0.1, -0.05) is 6.92 Å². The molecule has 1 aromatic rings. The molecule has 1 atom stereocenters. The first kappa shape index (κ1) is 10.4. The van der Waals surface area contributed by atoms with E-state index in [0.717, 1.165) is 5.56 Å². The van der Waals surface area contributed by atoms with Crippen LogP contribution in [0.25, 0.3) is 0 Å². The zero-order chi connectivity index (χ0) is 11.1. The summed E-state index contributed by atoms with van der Waals surface area (Å²) in [5, 5.41) is 3.36. The molecule has 2 rings (SSSR count). The summed E-state index contributed by atoms with van der Waals surface area (Å²) in [5.74, 6) is 0.285. The van der Waals surface area contributed by atoms with Crippen LogP contribution in [0, 0.1) is 12.8 Å². The molecule has 5 heteroatoms. The molecule has 0 radical (unpaired) electrons. The molecule has 1 aliphatic rings. The Hall–Kier alpha value is -1.10. The minimum Gasteiger partial charge on any atom is -0.382 e. The van der Waals surface area contributed by atoms with Gasteiger partial charge in [-0.15, -0.1) is 0 Å². The van der Waals surface area contributed by atoms with E-state index in [4.69, 9.17) is 0 Å². The number of nitrogens with zero attached hydrogens (tertiary/aromatic N) is 1. The van der Waals surface area contributed by atoms with Crippen LogP contribution in [-0.4, -0.2) is 25.7 Å². The van der Waals surface area contributed by atoms with Gasteiger partial charge in [0, 0.05) is 12.7 Å². The van der Waals surface area contributed by atoms with Crippen LogP contribution in [0.1, 0.15) is 12.5 Å². The minimum atomic E-state index is -3.22. The maximum Gasteiger partial charge on any atom is 0.198 e. The molecule has 0 bridgehead atoms. The van der Waals surface area contributed by atoms with E-state index >= 15 is 0 Å². The van der Waals surface area contributed by atoms with Gasteiger partial charge in [0.05, 0.1) is 11.4 Å². The van der Waals surface area contributed by atoms with Crippen molar-refractivity contribution in [1.29, 1.82) is 0 Å². The Morgan fingerprint density at radius 3 is 3.00 bits per heavy atom. The Morgan fingerprint density at radius 1 is 1.53 bits per heavy atom. The fourth-order valence-electron chi connectivity index (χ4n) is 1.77. The van der Waals surface area contributed by atoms with E-state index < -0.39 is 9.84 Å². The molecule has 1 aromatic heterocycles. The van der Waals surface area contributed by atoms with Gasteiger partial charge in [-0.2, -0.15) is 0 Å². The van der Waals surface area contributed by atoms with E-state index in [0.29, 0.717) is 12.2 Å². The second-order valence-electron chi connectivity index (χ2n) is 4.08. The molecule has 0 aliphatic carbocycles. The Bertz CT molecular complexity index is 482. The molecule has 1 unspecified atom stereocenters. The monoisotopic (exact) mass is 226 g/mol. The second kappa shape index (κ2) is 3.48. The topological polar surface area (TPSA) is 59.1 Å². The minimum absolute atomic E-state index is 0.114. The van der Waals surface area contributed by atoms with E-state index in [9.17, 15) is 8.42 Å². The number of rotatable bonds is 0.